The summed E-state index contributed by atoms with van der Waals surface area (Å²) in [5.41, 5.74) is 3.44. The number of halogens is 2. The van der Waals surface area contributed by atoms with Crippen molar-refractivity contribution in [3.63, 3.8) is 0 Å². The summed E-state index contributed by atoms with van der Waals surface area (Å²) in [7, 11) is -3.82. The highest BCUT2D eigenvalue weighted by Crippen LogP contribution is 2.26. The number of rotatable bonds is 7. The molecule has 0 radical (unpaired) electrons. The average Bonchev–Trinajstić information content (AvgIpc) is 2.70. The van der Waals surface area contributed by atoms with E-state index >= 15 is 0 Å². The number of hydrogen-bond donors (Lipinski definition) is 2. The summed E-state index contributed by atoms with van der Waals surface area (Å²) in [6.45, 7) is 0.625. The summed E-state index contributed by atoms with van der Waals surface area (Å²) in [5.74, 6) is -0.316. The van der Waals surface area contributed by atoms with E-state index in [9.17, 15) is 13.2 Å². The van der Waals surface area contributed by atoms with Crippen molar-refractivity contribution in [2.24, 2.45) is 0 Å². The molecular formula is C19H20Cl2N2O5S. The third-order valence-electron chi connectivity index (χ3n) is 4.21. The number of carbonyl (C=O) groups excluding carboxylic acids is 1. The quantitative estimate of drug-likeness (QED) is 0.613. The van der Waals surface area contributed by atoms with Crippen LogP contribution in [0.2, 0.25) is 10.0 Å². The Hall–Kier alpha value is -1.84. The molecule has 1 fully saturated rings. The van der Waals surface area contributed by atoms with Crippen LogP contribution in [0.1, 0.15) is 24.8 Å². The molecule has 2 aromatic carbocycles. The first kappa shape index (κ1) is 21.9. The van der Waals surface area contributed by atoms with Gasteiger partial charge in [0.1, 0.15) is 0 Å². The zero-order chi connectivity index (χ0) is 20.9. The molecule has 1 amide bonds. The highest BCUT2D eigenvalue weighted by Gasteiger charge is 2.17. The van der Waals surface area contributed by atoms with E-state index in [1.165, 1.54) is 18.2 Å². The minimum absolute atomic E-state index is 0.00238. The standard InChI is InChI=1S/C19H20Cl2N2O5S/c20-16-9-8-15(12-17(16)21)29(25,26)23-14-6-4-13(5-7-14)11-18(24)22-28-19-3-1-2-10-27-19/h4-9,12,19,23H,1-3,10-11H2,(H,22,24). The van der Waals surface area contributed by atoms with Crippen molar-refractivity contribution < 1.29 is 22.8 Å². The Morgan fingerprint density at radius 3 is 2.52 bits per heavy atom. The van der Waals surface area contributed by atoms with Gasteiger partial charge in [-0.05, 0) is 48.7 Å². The molecular weight excluding hydrogens is 439 g/mol. The van der Waals surface area contributed by atoms with Crippen LogP contribution in [0.5, 0.6) is 0 Å². The lowest BCUT2D eigenvalue weighted by molar-refractivity contribution is -0.200. The van der Waals surface area contributed by atoms with E-state index in [1.807, 2.05) is 0 Å². The number of hydrogen-bond acceptors (Lipinski definition) is 5. The SMILES string of the molecule is O=C(Cc1ccc(NS(=O)(=O)c2ccc(Cl)c(Cl)c2)cc1)NOC1CCCCO1. The summed E-state index contributed by atoms with van der Waals surface area (Å²) < 4.78 is 32.7. The molecule has 0 aliphatic carbocycles. The van der Waals surface area contributed by atoms with Crippen LogP contribution in [0, 0.1) is 0 Å². The van der Waals surface area contributed by atoms with Crippen LogP contribution < -0.4 is 10.2 Å². The Labute approximate surface area is 179 Å². The molecule has 2 aromatic rings. The topological polar surface area (TPSA) is 93.7 Å². The predicted molar refractivity (Wildman–Crippen MR) is 110 cm³/mol. The van der Waals surface area contributed by atoms with Gasteiger partial charge in [-0.1, -0.05) is 35.3 Å². The maximum absolute atomic E-state index is 12.5. The second-order valence-electron chi connectivity index (χ2n) is 6.49. The summed E-state index contributed by atoms with van der Waals surface area (Å²) >= 11 is 11.7. The second kappa shape index (κ2) is 9.77. The number of sulfonamides is 1. The van der Waals surface area contributed by atoms with E-state index in [4.69, 9.17) is 32.8 Å². The normalized spacial score (nSPS) is 17.0. The van der Waals surface area contributed by atoms with Gasteiger partial charge in [-0.2, -0.15) is 0 Å². The van der Waals surface area contributed by atoms with Gasteiger partial charge in [0.05, 0.1) is 21.4 Å². The van der Waals surface area contributed by atoms with Gasteiger partial charge < -0.3 is 4.74 Å². The molecule has 1 aliphatic rings. The number of carbonyl (C=O) groups is 1. The monoisotopic (exact) mass is 458 g/mol. The largest absolute Gasteiger partial charge is 0.350 e. The van der Waals surface area contributed by atoms with Crippen molar-refractivity contribution in [3.8, 4) is 0 Å². The molecule has 0 spiro atoms. The average molecular weight is 459 g/mol. The first-order valence-electron chi connectivity index (χ1n) is 8.96. The fourth-order valence-electron chi connectivity index (χ4n) is 2.71. The summed E-state index contributed by atoms with van der Waals surface area (Å²) in [6, 6.07) is 10.5. The minimum atomic E-state index is -3.82. The lowest BCUT2D eigenvalue weighted by atomic mass is 10.1. The first-order valence-corrected chi connectivity index (χ1v) is 11.2. The fourth-order valence-corrected chi connectivity index (χ4v) is 4.15. The maximum atomic E-state index is 12.5. The Kier molecular flexibility index (Phi) is 7.37. The smallest absolute Gasteiger partial charge is 0.261 e. The molecule has 1 unspecified atom stereocenters. The molecule has 7 nitrogen and oxygen atoms in total. The molecule has 29 heavy (non-hydrogen) atoms. The lowest BCUT2D eigenvalue weighted by Gasteiger charge is -2.22. The van der Waals surface area contributed by atoms with E-state index in [2.05, 4.69) is 10.2 Å². The minimum Gasteiger partial charge on any atom is -0.350 e. The Balaban J connectivity index is 1.55. The lowest BCUT2D eigenvalue weighted by Crippen LogP contribution is -2.33. The molecule has 0 bridgehead atoms. The molecule has 156 valence electrons. The Morgan fingerprint density at radius 2 is 1.86 bits per heavy atom. The van der Waals surface area contributed by atoms with E-state index < -0.39 is 16.3 Å². The molecule has 1 atom stereocenters. The Bertz CT molecular complexity index is 961. The first-order chi connectivity index (χ1) is 13.8. The van der Waals surface area contributed by atoms with Gasteiger partial charge in [-0.3, -0.25) is 9.52 Å². The number of ether oxygens (including phenoxy) is 1. The molecule has 1 aliphatic heterocycles. The van der Waals surface area contributed by atoms with Crippen LogP contribution in [0.25, 0.3) is 0 Å². The summed E-state index contributed by atoms with van der Waals surface area (Å²) in [6.07, 6.45) is 2.42. The van der Waals surface area contributed by atoms with Crippen molar-refractivity contribution in [2.45, 2.75) is 36.9 Å². The second-order valence-corrected chi connectivity index (χ2v) is 8.99. The molecule has 0 saturated carbocycles. The zero-order valence-corrected chi connectivity index (χ0v) is 17.7. The highest BCUT2D eigenvalue weighted by atomic mass is 35.5. The number of nitrogens with one attached hydrogen (secondary N) is 2. The number of hydroxylamine groups is 1. The number of anilines is 1. The number of amides is 1. The van der Waals surface area contributed by atoms with Gasteiger partial charge in [0.25, 0.3) is 10.0 Å². The Morgan fingerprint density at radius 1 is 1.10 bits per heavy atom. The van der Waals surface area contributed by atoms with Crippen LogP contribution in [-0.2, 0) is 30.8 Å². The number of benzene rings is 2. The predicted octanol–water partition coefficient (Wildman–Crippen LogP) is 3.91. The van der Waals surface area contributed by atoms with Gasteiger partial charge in [-0.25, -0.2) is 18.7 Å². The fraction of sp³-hybridized carbons (Fsp3) is 0.316. The van der Waals surface area contributed by atoms with Crippen molar-refractivity contribution in [2.75, 3.05) is 11.3 Å². The van der Waals surface area contributed by atoms with Crippen LogP contribution in [0.4, 0.5) is 5.69 Å². The molecule has 3 rings (SSSR count). The molecule has 0 aromatic heterocycles. The molecule has 10 heteroatoms. The van der Waals surface area contributed by atoms with E-state index in [0.717, 1.165) is 19.3 Å². The van der Waals surface area contributed by atoms with E-state index in [-0.39, 0.29) is 27.3 Å². The van der Waals surface area contributed by atoms with Crippen LogP contribution in [-0.4, -0.2) is 27.2 Å². The highest BCUT2D eigenvalue weighted by molar-refractivity contribution is 7.92. The van der Waals surface area contributed by atoms with Gasteiger partial charge in [-0.15, -0.1) is 0 Å². The van der Waals surface area contributed by atoms with Crippen molar-refractivity contribution in [3.05, 3.63) is 58.1 Å². The third kappa shape index (κ3) is 6.32. The summed E-state index contributed by atoms with van der Waals surface area (Å²) in [5, 5.41) is 0.420. The van der Waals surface area contributed by atoms with Crippen molar-refractivity contribution >= 4 is 44.8 Å². The summed E-state index contributed by atoms with van der Waals surface area (Å²) in [4.78, 5) is 17.2. The van der Waals surface area contributed by atoms with Gasteiger partial charge in [0.2, 0.25) is 5.91 Å². The third-order valence-corrected chi connectivity index (χ3v) is 6.33. The van der Waals surface area contributed by atoms with Gasteiger partial charge in [0, 0.05) is 18.7 Å². The van der Waals surface area contributed by atoms with Crippen LogP contribution in [0.3, 0.4) is 0 Å². The van der Waals surface area contributed by atoms with E-state index in [0.29, 0.717) is 17.9 Å². The molecule has 1 heterocycles. The van der Waals surface area contributed by atoms with Gasteiger partial charge >= 0.3 is 0 Å². The maximum Gasteiger partial charge on any atom is 0.261 e. The van der Waals surface area contributed by atoms with Gasteiger partial charge in [0.15, 0.2) is 6.29 Å². The molecule has 2 N–H and O–H groups in total. The van der Waals surface area contributed by atoms with E-state index in [1.54, 1.807) is 24.3 Å². The van der Waals surface area contributed by atoms with Crippen LogP contribution >= 0.6 is 23.2 Å². The van der Waals surface area contributed by atoms with Crippen LogP contribution in [0.15, 0.2) is 47.4 Å². The van der Waals surface area contributed by atoms with Crippen molar-refractivity contribution in [1.29, 1.82) is 0 Å². The zero-order valence-electron chi connectivity index (χ0n) is 15.4. The van der Waals surface area contributed by atoms with Crippen molar-refractivity contribution in [1.82, 2.24) is 5.48 Å². The molecule has 1 saturated heterocycles.